The molecule has 0 spiro atoms. The fourth-order valence-electron chi connectivity index (χ4n) is 5.20. The van der Waals surface area contributed by atoms with Gasteiger partial charge in [0, 0.05) is 22.1 Å². The molecule has 0 aliphatic rings. The monoisotopic (exact) mass is 814 g/mol. The van der Waals surface area contributed by atoms with Crippen LogP contribution in [-0.2, 0) is 40.3 Å². The normalized spacial score (nSPS) is 12.3. The molecule has 0 aromatic heterocycles. The highest BCUT2D eigenvalue weighted by molar-refractivity contribution is 7.93. The standard InChI is InChI=1S/C33H26N4O13S4/c38-31-27-13-11-25(53(45,46)47)17-19(27)1-15-29(31)36-51(41,42)23-7-3-21(4-8-23)34-33(40)35-22-5-9-24(10-6-22)52(43,44)37-30-16-2-20-18-26(54(48,49)50)12-14-28(20)32(30)39/h1-18,36-39H,(H2,34,35,40)(H,45,46,47)(H,48,49,50). The van der Waals surface area contributed by atoms with Crippen molar-refractivity contribution < 1.29 is 57.8 Å². The molecule has 6 aromatic carbocycles. The van der Waals surface area contributed by atoms with Gasteiger partial charge >= 0.3 is 6.03 Å². The number of fused-ring (bicyclic) bond motifs is 2. The summed E-state index contributed by atoms with van der Waals surface area (Å²) in [4.78, 5) is 11.4. The third-order valence-electron chi connectivity index (χ3n) is 7.85. The van der Waals surface area contributed by atoms with Crippen LogP contribution >= 0.6 is 0 Å². The van der Waals surface area contributed by atoms with Crippen molar-refractivity contribution >= 4 is 90.6 Å². The van der Waals surface area contributed by atoms with Gasteiger partial charge in [0.2, 0.25) is 0 Å². The van der Waals surface area contributed by atoms with Crippen LogP contribution < -0.4 is 20.1 Å². The number of amides is 2. The van der Waals surface area contributed by atoms with Crippen molar-refractivity contribution in [3.05, 3.63) is 109 Å². The van der Waals surface area contributed by atoms with Gasteiger partial charge in [-0.1, -0.05) is 12.1 Å². The summed E-state index contributed by atoms with van der Waals surface area (Å²) < 4.78 is 121. The molecule has 0 aliphatic heterocycles. The van der Waals surface area contributed by atoms with E-state index >= 15 is 0 Å². The van der Waals surface area contributed by atoms with Gasteiger partial charge in [0.25, 0.3) is 40.3 Å². The Morgan fingerprint density at radius 1 is 0.444 bits per heavy atom. The number of anilines is 4. The predicted octanol–water partition coefficient (Wildman–Crippen LogP) is 5.14. The molecule has 280 valence electrons. The van der Waals surface area contributed by atoms with Crippen molar-refractivity contribution in [1.29, 1.82) is 0 Å². The molecule has 6 aromatic rings. The molecule has 54 heavy (non-hydrogen) atoms. The van der Waals surface area contributed by atoms with Crippen LogP contribution in [0.5, 0.6) is 11.5 Å². The Labute approximate surface area is 307 Å². The van der Waals surface area contributed by atoms with Crippen LogP contribution in [0.25, 0.3) is 21.5 Å². The zero-order valence-electron chi connectivity index (χ0n) is 27.0. The maximum Gasteiger partial charge on any atom is 0.323 e. The molecule has 0 atom stereocenters. The highest BCUT2D eigenvalue weighted by atomic mass is 32.2. The van der Waals surface area contributed by atoms with Crippen LogP contribution in [0.15, 0.2) is 129 Å². The molecular weight excluding hydrogens is 789 g/mol. The summed E-state index contributed by atoms with van der Waals surface area (Å²) in [5.41, 5.74) is -0.0431. The van der Waals surface area contributed by atoms with E-state index in [2.05, 4.69) is 20.1 Å². The van der Waals surface area contributed by atoms with Crippen LogP contribution in [0.4, 0.5) is 27.5 Å². The third kappa shape index (κ3) is 8.00. The number of benzene rings is 6. The van der Waals surface area contributed by atoms with E-state index in [0.717, 1.165) is 24.3 Å². The zero-order chi connectivity index (χ0) is 39.2. The molecule has 0 saturated heterocycles. The summed E-state index contributed by atoms with van der Waals surface area (Å²) in [5, 5.41) is 27.0. The zero-order valence-corrected chi connectivity index (χ0v) is 30.3. The van der Waals surface area contributed by atoms with Gasteiger partial charge in [0.1, 0.15) is 11.5 Å². The number of nitrogens with one attached hydrogen (secondary N) is 4. The molecule has 0 heterocycles. The van der Waals surface area contributed by atoms with E-state index in [4.69, 9.17) is 0 Å². The highest BCUT2D eigenvalue weighted by Crippen LogP contribution is 2.36. The first-order chi connectivity index (χ1) is 25.2. The Hall–Kier alpha value is -5.97. The number of phenols is 2. The molecular formula is C33H26N4O13S4. The van der Waals surface area contributed by atoms with E-state index in [0.29, 0.717) is 0 Å². The van der Waals surface area contributed by atoms with Crippen molar-refractivity contribution in [2.75, 3.05) is 20.1 Å². The average Bonchev–Trinajstić information content (AvgIpc) is 3.10. The molecule has 2 amide bonds. The first-order valence-electron chi connectivity index (χ1n) is 15.0. The number of sulfonamides is 2. The van der Waals surface area contributed by atoms with E-state index in [1.807, 2.05) is 0 Å². The number of phenolic OH excluding ortho intramolecular Hbond substituents is 2. The highest BCUT2D eigenvalue weighted by Gasteiger charge is 2.21. The second kappa shape index (κ2) is 13.8. The summed E-state index contributed by atoms with van der Waals surface area (Å²) in [5.74, 6) is -0.972. The number of rotatable bonds is 10. The summed E-state index contributed by atoms with van der Waals surface area (Å²) in [6.45, 7) is 0. The maximum absolute atomic E-state index is 13.0. The minimum atomic E-state index is -4.50. The van der Waals surface area contributed by atoms with Crippen LogP contribution in [0, 0.1) is 0 Å². The first-order valence-corrected chi connectivity index (χ1v) is 20.9. The molecule has 0 fully saturated rings. The van der Waals surface area contributed by atoms with Gasteiger partial charge in [-0.05, 0) is 108 Å². The van der Waals surface area contributed by atoms with E-state index in [9.17, 15) is 57.8 Å². The van der Waals surface area contributed by atoms with Crippen LogP contribution in [-0.4, -0.2) is 59.0 Å². The van der Waals surface area contributed by atoms with Gasteiger partial charge in [-0.2, -0.15) is 16.8 Å². The Kier molecular flexibility index (Phi) is 9.64. The lowest BCUT2D eigenvalue weighted by Crippen LogP contribution is -2.20. The van der Waals surface area contributed by atoms with Crippen molar-refractivity contribution in [3.63, 3.8) is 0 Å². The van der Waals surface area contributed by atoms with Gasteiger partial charge in [-0.25, -0.2) is 21.6 Å². The predicted molar refractivity (Wildman–Crippen MR) is 198 cm³/mol. The van der Waals surface area contributed by atoms with E-state index < -0.39 is 67.6 Å². The Bertz CT molecular complexity index is 2740. The number of carbonyl (C=O) groups is 1. The number of hydrogen-bond acceptors (Lipinski definition) is 11. The van der Waals surface area contributed by atoms with Crippen molar-refractivity contribution in [2.45, 2.75) is 19.6 Å². The smallest absolute Gasteiger partial charge is 0.323 e. The summed E-state index contributed by atoms with van der Waals surface area (Å²) in [7, 11) is -17.5. The van der Waals surface area contributed by atoms with Crippen molar-refractivity contribution in [1.82, 2.24) is 0 Å². The molecule has 0 unspecified atom stereocenters. The quantitative estimate of drug-likeness (QED) is 0.0657. The van der Waals surface area contributed by atoms with Gasteiger partial charge < -0.3 is 20.8 Å². The molecule has 21 heteroatoms. The van der Waals surface area contributed by atoms with Crippen LogP contribution in [0.1, 0.15) is 0 Å². The maximum atomic E-state index is 13.0. The number of urea groups is 1. The topological polar surface area (TPSA) is 283 Å². The molecule has 0 aliphatic carbocycles. The fraction of sp³-hybridized carbons (Fsp3) is 0. The molecule has 8 N–H and O–H groups in total. The summed E-state index contributed by atoms with van der Waals surface area (Å²) in [6.07, 6.45) is 0. The lowest BCUT2D eigenvalue weighted by Gasteiger charge is -2.13. The molecule has 17 nitrogen and oxygen atoms in total. The Morgan fingerprint density at radius 3 is 1.11 bits per heavy atom. The summed E-state index contributed by atoms with van der Waals surface area (Å²) >= 11 is 0. The largest absolute Gasteiger partial charge is 0.505 e. The van der Waals surface area contributed by atoms with E-state index in [1.165, 1.54) is 84.9 Å². The Morgan fingerprint density at radius 2 is 0.778 bits per heavy atom. The molecule has 0 bridgehead atoms. The number of hydrogen-bond donors (Lipinski definition) is 8. The lowest BCUT2D eigenvalue weighted by molar-refractivity contribution is 0.262. The van der Waals surface area contributed by atoms with Gasteiger partial charge in [0.15, 0.2) is 0 Å². The third-order valence-corrected chi connectivity index (χ3v) is 12.3. The summed E-state index contributed by atoms with van der Waals surface area (Å²) in [6, 6.07) is 21.0. The number of carbonyl (C=O) groups excluding carboxylic acids is 1. The van der Waals surface area contributed by atoms with Crippen LogP contribution in [0.2, 0.25) is 0 Å². The van der Waals surface area contributed by atoms with Gasteiger partial charge in [-0.3, -0.25) is 18.5 Å². The van der Waals surface area contributed by atoms with Crippen LogP contribution in [0.3, 0.4) is 0 Å². The van der Waals surface area contributed by atoms with Gasteiger partial charge in [0.05, 0.1) is 31.0 Å². The van der Waals surface area contributed by atoms with E-state index in [1.54, 1.807) is 0 Å². The minimum Gasteiger partial charge on any atom is -0.505 e. The molecule has 0 saturated carbocycles. The fourth-order valence-corrected chi connectivity index (χ4v) is 8.37. The van der Waals surface area contributed by atoms with E-state index in [-0.39, 0.29) is 54.1 Å². The first kappa shape index (κ1) is 37.8. The molecule has 0 radical (unpaired) electrons. The van der Waals surface area contributed by atoms with Crippen molar-refractivity contribution in [2.24, 2.45) is 0 Å². The molecule has 6 rings (SSSR count). The van der Waals surface area contributed by atoms with Crippen molar-refractivity contribution in [3.8, 4) is 11.5 Å². The lowest BCUT2D eigenvalue weighted by atomic mass is 10.1. The number of aromatic hydroxyl groups is 2. The minimum absolute atomic E-state index is 0.116. The average molecular weight is 815 g/mol. The second-order valence-electron chi connectivity index (χ2n) is 11.5. The van der Waals surface area contributed by atoms with Gasteiger partial charge in [-0.15, -0.1) is 0 Å². The Balaban J connectivity index is 1.08. The second-order valence-corrected chi connectivity index (χ2v) is 17.7. The SMILES string of the molecule is O=C(Nc1ccc(S(=O)(=O)Nc2ccc3cc(S(=O)(=O)O)ccc3c2O)cc1)Nc1ccc(S(=O)(=O)Nc2ccc3cc(S(=O)(=O)O)ccc3c2O)cc1.